The molecule has 0 heterocycles. The average Bonchev–Trinajstić information content (AvgIpc) is 2.69. The summed E-state index contributed by atoms with van der Waals surface area (Å²) in [5.74, 6) is -1.39. The molecule has 0 atom stereocenters. The maximum absolute atomic E-state index is 13.1. The molecule has 0 spiro atoms. The molecule has 3 rings (SSSR count). The molecule has 0 radical (unpaired) electrons. The first kappa shape index (κ1) is 19.7. The van der Waals surface area contributed by atoms with Gasteiger partial charge in [0.05, 0.1) is 10.5 Å². The van der Waals surface area contributed by atoms with Crippen LogP contribution < -0.4 is 4.72 Å². The molecule has 0 aliphatic carbocycles. The van der Waals surface area contributed by atoms with Crippen LogP contribution in [0, 0.1) is 5.82 Å². The first-order chi connectivity index (χ1) is 13.3. The van der Waals surface area contributed by atoms with Crippen molar-refractivity contribution in [1.82, 2.24) is 4.72 Å². The molecule has 0 amide bonds. The average molecular weight is 399 g/mol. The Kier molecular flexibility index (Phi) is 5.87. The van der Waals surface area contributed by atoms with Crippen LogP contribution in [-0.4, -0.2) is 19.5 Å². The summed E-state index contributed by atoms with van der Waals surface area (Å²) >= 11 is 0. The van der Waals surface area contributed by atoms with Crippen molar-refractivity contribution < 1.29 is 22.7 Å². The molecule has 144 valence electrons. The van der Waals surface area contributed by atoms with Crippen LogP contribution in [0.5, 0.6) is 0 Å². The van der Waals surface area contributed by atoms with Gasteiger partial charge >= 0.3 is 5.97 Å². The lowest BCUT2D eigenvalue weighted by Crippen LogP contribution is -2.24. The van der Waals surface area contributed by atoms with Crippen LogP contribution in [0.1, 0.15) is 27.0 Å². The van der Waals surface area contributed by atoms with Crippen LogP contribution in [0.4, 0.5) is 4.39 Å². The van der Waals surface area contributed by atoms with Crippen LogP contribution in [0.25, 0.3) is 0 Å². The lowest BCUT2D eigenvalue weighted by Gasteiger charge is -2.12. The van der Waals surface area contributed by atoms with Gasteiger partial charge in [-0.1, -0.05) is 42.5 Å². The second kappa shape index (κ2) is 8.33. The van der Waals surface area contributed by atoms with Gasteiger partial charge in [0, 0.05) is 6.54 Å². The van der Waals surface area contributed by atoms with Crippen LogP contribution in [-0.2, 0) is 23.0 Å². The quantitative estimate of drug-likeness (QED) is 0.636. The molecule has 3 aromatic carbocycles. The zero-order valence-electron chi connectivity index (χ0n) is 14.8. The Balaban J connectivity index is 1.77. The highest BCUT2D eigenvalue weighted by molar-refractivity contribution is 7.89. The number of hydrogen-bond donors (Lipinski definition) is 2. The van der Waals surface area contributed by atoms with Gasteiger partial charge in [0.15, 0.2) is 0 Å². The number of sulfonamides is 1. The first-order valence-corrected chi connectivity index (χ1v) is 9.98. The van der Waals surface area contributed by atoms with Gasteiger partial charge in [-0.3, -0.25) is 0 Å². The number of carbonyl (C=O) groups is 1. The van der Waals surface area contributed by atoms with Gasteiger partial charge in [0.1, 0.15) is 5.82 Å². The Bertz CT molecular complexity index is 1080. The van der Waals surface area contributed by atoms with Crippen molar-refractivity contribution in [3.63, 3.8) is 0 Å². The molecule has 0 saturated heterocycles. The fraction of sp³-hybridized carbons (Fsp3) is 0.0952. The van der Waals surface area contributed by atoms with Gasteiger partial charge < -0.3 is 5.11 Å². The van der Waals surface area contributed by atoms with Gasteiger partial charge in [-0.15, -0.1) is 0 Å². The Morgan fingerprint density at radius 3 is 2.14 bits per heavy atom. The number of halogens is 1. The standard InChI is InChI=1S/C21H18FNO4S/c22-19-11-7-15(8-12-19)13-18-3-1-2-4-20(18)28(26,27)23-14-16-5-9-17(10-6-16)21(24)25/h1-12,23H,13-14H2,(H,24,25). The summed E-state index contributed by atoms with van der Waals surface area (Å²) in [6, 6.07) is 18.5. The van der Waals surface area contributed by atoms with E-state index < -0.39 is 16.0 Å². The lowest BCUT2D eigenvalue weighted by atomic mass is 10.1. The molecule has 28 heavy (non-hydrogen) atoms. The highest BCUT2D eigenvalue weighted by Crippen LogP contribution is 2.20. The maximum Gasteiger partial charge on any atom is 0.335 e. The summed E-state index contributed by atoms with van der Waals surface area (Å²) in [6.45, 7) is 0.0348. The van der Waals surface area contributed by atoms with Gasteiger partial charge in [-0.25, -0.2) is 22.3 Å². The van der Waals surface area contributed by atoms with E-state index in [1.807, 2.05) is 0 Å². The molecule has 0 aliphatic rings. The highest BCUT2D eigenvalue weighted by Gasteiger charge is 2.18. The normalized spacial score (nSPS) is 11.3. The maximum atomic E-state index is 13.1. The molecule has 0 bridgehead atoms. The number of benzene rings is 3. The fourth-order valence-corrected chi connectivity index (χ4v) is 4.01. The largest absolute Gasteiger partial charge is 0.478 e. The molecule has 0 saturated carbocycles. The van der Waals surface area contributed by atoms with E-state index in [9.17, 15) is 17.6 Å². The monoisotopic (exact) mass is 399 g/mol. The van der Waals surface area contributed by atoms with E-state index in [1.165, 1.54) is 30.3 Å². The zero-order chi connectivity index (χ0) is 20.1. The summed E-state index contributed by atoms with van der Waals surface area (Å²) in [7, 11) is -3.78. The minimum absolute atomic E-state index is 0.0348. The van der Waals surface area contributed by atoms with Crippen LogP contribution in [0.2, 0.25) is 0 Å². The van der Waals surface area contributed by atoms with Gasteiger partial charge in [0.2, 0.25) is 10.0 Å². The third kappa shape index (κ3) is 4.82. The molecular formula is C21H18FNO4S. The zero-order valence-corrected chi connectivity index (χ0v) is 15.6. The molecule has 0 aromatic heterocycles. The number of carboxylic acids is 1. The number of hydrogen-bond acceptors (Lipinski definition) is 3. The fourth-order valence-electron chi connectivity index (χ4n) is 2.76. The molecular weight excluding hydrogens is 381 g/mol. The van der Waals surface area contributed by atoms with E-state index in [4.69, 9.17) is 5.11 Å². The third-order valence-electron chi connectivity index (χ3n) is 4.24. The van der Waals surface area contributed by atoms with E-state index in [0.717, 1.165) is 5.56 Å². The number of aromatic carboxylic acids is 1. The molecule has 0 unspecified atom stereocenters. The van der Waals surface area contributed by atoms with Crippen LogP contribution in [0.3, 0.4) is 0 Å². The van der Waals surface area contributed by atoms with E-state index in [-0.39, 0.29) is 22.8 Å². The van der Waals surface area contributed by atoms with Gasteiger partial charge in [0.25, 0.3) is 0 Å². The lowest BCUT2D eigenvalue weighted by molar-refractivity contribution is 0.0697. The number of nitrogens with one attached hydrogen (secondary N) is 1. The predicted molar refractivity (Wildman–Crippen MR) is 103 cm³/mol. The van der Waals surface area contributed by atoms with Crippen molar-refractivity contribution >= 4 is 16.0 Å². The number of rotatable bonds is 7. The van der Waals surface area contributed by atoms with Gasteiger partial charge in [-0.05, 0) is 53.4 Å². The highest BCUT2D eigenvalue weighted by atomic mass is 32.2. The minimum atomic E-state index is -3.78. The Labute approximate surface area is 162 Å². The predicted octanol–water partition coefficient (Wildman–Crippen LogP) is 3.59. The SMILES string of the molecule is O=C(O)c1ccc(CNS(=O)(=O)c2ccccc2Cc2ccc(F)cc2)cc1. The van der Waals surface area contributed by atoms with Crippen LogP contribution >= 0.6 is 0 Å². The topological polar surface area (TPSA) is 83.5 Å². The molecule has 5 nitrogen and oxygen atoms in total. The molecule has 7 heteroatoms. The van der Waals surface area contributed by atoms with Crippen molar-refractivity contribution in [3.8, 4) is 0 Å². The van der Waals surface area contributed by atoms with E-state index in [1.54, 1.807) is 42.5 Å². The smallest absolute Gasteiger partial charge is 0.335 e. The first-order valence-electron chi connectivity index (χ1n) is 8.49. The second-order valence-corrected chi connectivity index (χ2v) is 7.97. The second-order valence-electron chi connectivity index (χ2n) is 6.24. The summed E-state index contributed by atoms with van der Waals surface area (Å²) < 4.78 is 41.2. The summed E-state index contributed by atoms with van der Waals surface area (Å²) in [6.07, 6.45) is 0.352. The van der Waals surface area contributed by atoms with Crippen molar-refractivity contribution in [2.75, 3.05) is 0 Å². The molecule has 3 aromatic rings. The summed E-state index contributed by atoms with van der Waals surface area (Å²) in [5.41, 5.74) is 2.18. The van der Waals surface area contributed by atoms with E-state index >= 15 is 0 Å². The third-order valence-corrected chi connectivity index (χ3v) is 5.74. The van der Waals surface area contributed by atoms with Gasteiger partial charge in [-0.2, -0.15) is 0 Å². The van der Waals surface area contributed by atoms with E-state index in [2.05, 4.69) is 4.72 Å². The molecule has 2 N–H and O–H groups in total. The molecule has 0 fully saturated rings. The van der Waals surface area contributed by atoms with E-state index in [0.29, 0.717) is 17.5 Å². The van der Waals surface area contributed by atoms with Crippen LogP contribution in [0.15, 0.2) is 77.7 Å². The van der Waals surface area contributed by atoms with Crippen molar-refractivity contribution in [2.45, 2.75) is 17.9 Å². The van der Waals surface area contributed by atoms with Crippen molar-refractivity contribution in [1.29, 1.82) is 0 Å². The molecule has 0 aliphatic heterocycles. The Morgan fingerprint density at radius 2 is 1.50 bits per heavy atom. The minimum Gasteiger partial charge on any atom is -0.478 e. The summed E-state index contributed by atoms with van der Waals surface area (Å²) in [5, 5.41) is 8.92. The summed E-state index contributed by atoms with van der Waals surface area (Å²) in [4.78, 5) is 11.0. The Morgan fingerprint density at radius 1 is 0.893 bits per heavy atom. The number of carboxylic acid groups (broad SMARTS) is 1. The Hall–Kier alpha value is -3.03. The van der Waals surface area contributed by atoms with Crippen molar-refractivity contribution in [3.05, 3.63) is 101 Å². The van der Waals surface area contributed by atoms with Crippen molar-refractivity contribution in [2.24, 2.45) is 0 Å².